The van der Waals surface area contributed by atoms with Crippen LogP contribution >= 0.6 is 0 Å². The maximum Gasteiger partial charge on any atom is 0.389 e. The van der Waals surface area contributed by atoms with E-state index in [0.717, 1.165) is 0 Å². The van der Waals surface area contributed by atoms with Gasteiger partial charge in [0.15, 0.2) is 0 Å². The molecule has 0 aromatic heterocycles. The Morgan fingerprint density at radius 2 is 2.12 bits per heavy atom. The first kappa shape index (κ1) is 7.00. The normalized spacial score (nSPS) is 8.88. The maximum absolute atomic E-state index is 10.9. The lowest BCUT2D eigenvalue weighted by Gasteiger charge is -1.93. The second-order valence-electron chi connectivity index (χ2n) is 0.815. The first-order valence-electron chi connectivity index (χ1n) is 1.60. The van der Waals surface area contributed by atoms with Crippen molar-refractivity contribution in [3.8, 4) is 0 Å². The van der Waals surface area contributed by atoms with E-state index in [2.05, 4.69) is 4.74 Å². The molecule has 0 saturated heterocycles. The van der Waals surface area contributed by atoms with Crippen molar-refractivity contribution in [3.63, 3.8) is 0 Å². The van der Waals surface area contributed by atoms with Crippen molar-refractivity contribution in [2.24, 2.45) is 0 Å². The fourth-order valence-electron chi connectivity index (χ4n) is 0.116. The fraction of sp³-hybridized carbons (Fsp3) is 0.333. The summed E-state index contributed by atoms with van der Waals surface area (Å²) in [6, 6.07) is 0. The van der Waals surface area contributed by atoms with Gasteiger partial charge < -0.3 is 4.74 Å². The van der Waals surface area contributed by atoms with Gasteiger partial charge >= 0.3 is 12.6 Å². The van der Waals surface area contributed by atoms with Crippen molar-refractivity contribution in [2.45, 2.75) is 6.61 Å². The minimum atomic E-state index is -3.20. The van der Waals surface area contributed by atoms with Crippen LogP contribution in [0.2, 0.25) is 0 Å². The van der Waals surface area contributed by atoms with E-state index in [0.29, 0.717) is 0 Å². The number of carbonyl (C=O) groups excluding carboxylic acids is 2. The lowest BCUT2D eigenvalue weighted by molar-refractivity contribution is -0.176. The molecule has 0 aliphatic rings. The summed E-state index contributed by atoms with van der Waals surface area (Å²) in [4.78, 5) is 18.8. The first-order valence-corrected chi connectivity index (χ1v) is 1.60. The summed E-state index contributed by atoms with van der Waals surface area (Å²) in [6.07, 6.45) is -0.327. The molecule has 0 aromatic carbocycles. The minimum absolute atomic E-state index is 0.327. The number of alkyl halides is 2. The van der Waals surface area contributed by atoms with Gasteiger partial charge in [-0.25, -0.2) is 4.79 Å². The van der Waals surface area contributed by atoms with Crippen molar-refractivity contribution < 1.29 is 23.1 Å². The van der Waals surface area contributed by atoms with Crippen LogP contribution < -0.4 is 0 Å². The molecule has 8 heavy (non-hydrogen) atoms. The third kappa shape index (κ3) is 3.20. The Kier molecular flexibility index (Phi) is 2.68. The van der Waals surface area contributed by atoms with Gasteiger partial charge in [-0.3, -0.25) is 4.79 Å². The van der Waals surface area contributed by atoms with Crippen molar-refractivity contribution in [1.82, 2.24) is 0 Å². The van der Waals surface area contributed by atoms with E-state index in [1.165, 1.54) is 0 Å². The van der Waals surface area contributed by atoms with Crippen LogP contribution in [0.25, 0.3) is 0 Å². The molecule has 3 nitrogen and oxygen atoms in total. The number of aldehydes is 1. The highest BCUT2D eigenvalue weighted by molar-refractivity contribution is 6.20. The fourth-order valence-corrected chi connectivity index (χ4v) is 0.116. The van der Waals surface area contributed by atoms with Crippen molar-refractivity contribution in [1.29, 1.82) is 0 Å². The number of ether oxygens (including phenoxy) is 1. The molecule has 0 unspecified atom stereocenters. The van der Waals surface area contributed by atoms with Crippen molar-refractivity contribution in [3.05, 3.63) is 0 Å². The third-order valence-electron chi connectivity index (χ3n) is 0.301. The second-order valence-corrected chi connectivity index (χ2v) is 0.815. The van der Waals surface area contributed by atoms with E-state index < -0.39 is 12.6 Å². The van der Waals surface area contributed by atoms with E-state index in [9.17, 15) is 18.4 Å². The summed E-state index contributed by atoms with van der Waals surface area (Å²) in [5, 5.41) is 0. The lowest BCUT2D eigenvalue weighted by atomic mass is 10.8. The smallest absolute Gasteiger partial charge is 0.389 e. The van der Waals surface area contributed by atoms with Crippen molar-refractivity contribution in [2.75, 3.05) is 0 Å². The molecular formula is C3H2F2O3. The molecule has 5 heteroatoms. The molecule has 0 atom stereocenters. The molecule has 46 valence electrons. The molecule has 0 saturated carbocycles. The zero-order valence-electron chi connectivity index (χ0n) is 3.64. The molecule has 0 aliphatic carbocycles. The molecule has 0 amide bonds. The van der Waals surface area contributed by atoms with Crippen LogP contribution in [-0.4, -0.2) is 18.9 Å². The van der Waals surface area contributed by atoms with Crippen LogP contribution in [0.3, 0.4) is 0 Å². The van der Waals surface area contributed by atoms with Gasteiger partial charge in [-0.1, -0.05) is 0 Å². The van der Waals surface area contributed by atoms with Crippen LogP contribution in [-0.2, 0) is 14.3 Å². The summed E-state index contributed by atoms with van der Waals surface area (Å²) in [7, 11) is 0. The number of hydrogen-bond acceptors (Lipinski definition) is 3. The van der Waals surface area contributed by atoms with E-state index in [-0.39, 0.29) is 6.29 Å². The van der Waals surface area contributed by atoms with Crippen LogP contribution in [0.15, 0.2) is 0 Å². The van der Waals surface area contributed by atoms with Crippen LogP contribution in [0, 0.1) is 0 Å². The van der Waals surface area contributed by atoms with E-state index >= 15 is 0 Å². The van der Waals surface area contributed by atoms with Gasteiger partial charge in [-0.05, 0) is 0 Å². The van der Waals surface area contributed by atoms with E-state index in [4.69, 9.17) is 0 Å². The Hall–Kier alpha value is -1.00. The molecular weight excluding hydrogens is 122 g/mol. The third-order valence-corrected chi connectivity index (χ3v) is 0.301. The highest BCUT2D eigenvalue weighted by Crippen LogP contribution is 1.92. The first-order chi connectivity index (χ1) is 3.66. The molecule has 0 spiro atoms. The molecule has 0 radical (unpaired) electrons. The Morgan fingerprint density at radius 3 is 2.25 bits per heavy atom. The highest BCUT2D eigenvalue weighted by atomic mass is 19.3. The number of carbonyl (C=O) groups is 2. The minimum Gasteiger partial charge on any atom is -0.397 e. The van der Waals surface area contributed by atoms with Crippen LogP contribution in [0.5, 0.6) is 0 Å². The summed E-state index contributed by atoms with van der Waals surface area (Å²) in [5.41, 5.74) is 0. The van der Waals surface area contributed by atoms with Gasteiger partial charge in [0.05, 0.1) is 0 Å². The van der Waals surface area contributed by atoms with Gasteiger partial charge in [0.1, 0.15) is 0 Å². The molecule has 0 bridgehead atoms. The highest BCUT2D eigenvalue weighted by Gasteiger charge is 2.07. The van der Waals surface area contributed by atoms with E-state index in [1.807, 2.05) is 0 Å². The average Bonchev–Trinajstić information content (AvgIpc) is 1.65. The van der Waals surface area contributed by atoms with Gasteiger partial charge in [-0.15, -0.1) is 0 Å². The number of esters is 1. The van der Waals surface area contributed by atoms with Gasteiger partial charge in [-0.2, -0.15) is 8.78 Å². The predicted octanol–water partition coefficient (Wildman–Crippen LogP) is -0.0489. The Labute approximate surface area is 43.2 Å². The van der Waals surface area contributed by atoms with Crippen molar-refractivity contribution >= 4 is 12.3 Å². The predicted molar refractivity (Wildman–Crippen MR) is 18.2 cm³/mol. The Balaban J connectivity index is 3.39. The maximum atomic E-state index is 10.9. The molecule has 0 fully saturated rings. The average molecular weight is 124 g/mol. The molecule has 0 aliphatic heterocycles. The van der Waals surface area contributed by atoms with Crippen LogP contribution in [0.1, 0.15) is 0 Å². The zero-order valence-corrected chi connectivity index (χ0v) is 3.64. The van der Waals surface area contributed by atoms with E-state index in [1.54, 1.807) is 0 Å². The Bertz CT molecular complexity index is 101. The SMILES string of the molecule is O=CC(=O)OC(F)F. The van der Waals surface area contributed by atoms with Crippen LogP contribution in [0.4, 0.5) is 8.78 Å². The molecule has 0 N–H and O–H groups in total. The topological polar surface area (TPSA) is 43.4 Å². The van der Waals surface area contributed by atoms with Gasteiger partial charge in [0, 0.05) is 0 Å². The monoisotopic (exact) mass is 124 g/mol. The number of rotatable bonds is 2. The largest absolute Gasteiger partial charge is 0.397 e. The Morgan fingerprint density at radius 1 is 1.62 bits per heavy atom. The van der Waals surface area contributed by atoms with Gasteiger partial charge in [0.2, 0.25) is 6.29 Å². The quantitative estimate of drug-likeness (QED) is 0.294. The summed E-state index contributed by atoms with van der Waals surface area (Å²) < 4.78 is 24.8. The molecule has 0 aromatic rings. The molecule has 0 heterocycles. The molecule has 0 rings (SSSR count). The number of halogens is 2. The standard InChI is InChI=1S/C3H2F2O3/c4-3(5)8-2(7)1-6/h1,3H. The lowest BCUT2D eigenvalue weighted by Crippen LogP contribution is -2.09. The number of hydrogen-bond donors (Lipinski definition) is 0. The zero-order chi connectivity index (χ0) is 6.57. The van der Waals surface area contributed by atoms with Gasteiger partial charge in [0.25, 0.3) is 0 Å². The second kappa shape index (κ2) is 3.06. The summed E-state index contributed by atoms with van der Waals surface area (Å²) in [5.74, 6) is -1.56. The summed E-state index contributed by atoms with van der Waals surface area (Å²) in [6.45, 7) is -3.20. The summed E-state index contributed by atoms with van der Waals surface area (Å²) >= 11 is 0.